The number of likely N-dealkylation sites (N-methyl/N-ethyl adjacent to an activating group) is 1. The van der Waals surface area contributed by atoms with Crippen molar-refractivity contribution in [3.8, 4) is 0 Å². The van der Waals surface area contributed by atoms with E-state index in [2.05, 4.69) is 32.5 Å². The quantitative estimate of drug-likeness (QED) is 0.549. The smallest absolute Gasteiger partial charge is 0.242 e. The van der Waals surface area contributed by atoms with Gasteiger partial charge in [0.25, 0.3) is 0 Å². The van der Waals surface area contributed by atoms with Gasteiger partial charge in [0.15, 0.2) is 0 Å². The molecule has 0 spiro atoms. The number of anilines is 2. The van der Waals surface area contributed by atoms with Crippen LogP contribution in [0.1, 0.15) is 38.2 Å². The van der Waals surface area contributed by atoms with Crippen LogP contribution >= 0.6 is 0 Å². The van der Waals surface area contributed by atoms with Gasteiger partial charge >= 0.3 is 0 Å². The topological polar surface area (TPSA) is 96.2 Å². The van der Waals surface area contributed by atoms with Crippen LogP contribution < -0.4 is 21.5 Å². The summed E-state index contributed by atoms with van der Waals surface area (Å²) in [6, 6.07) is -0.167. The molecule has 7 nitrogen and oxygen atoms in total. The van der Waals surface area contributed by atoms with Crippen LogP contribution in [0.15, 0.2) is 6.33 Å². The first-order chi connectivity index (χ1) is 10.2. The minimum atomic E-state index is -0.167. The first-order valence-electron chi connectivity index (χ1n) is 7.51. The summed E-state index contributed by atoms with van der Waals surface area (Å²) in [4.78, 5) is 22.9. The van der Waals surface area contributed by atoms with Gasteiger partial charge in [-0.05, 0) is 25.7 Å². The number of nitrogens with one attached hydrogen (secondary N) is 2. The Balaban J connectivity index is 2.40. The number of nitrogen functional groups attached to an aromatic ring is 1. The van der Waals surface area contributed by atoms with Crippen molar-refractivity contribution in [1.29, 1.82) is 0 Å². The van der Waals surface area contributed by atoms with Gasteiger partial charge in [-0.25, -0.2) is 15.8 Å². The Kier molecular flexibility index (Phi) is 5.32. The minimum Gasteiger partial charge on any atom is -0.357 e. The molecule has 1 saturated heterocycles. The molecule has 0 bridgehead atoms. The molecule has 116 valence electrons. The lowest BCUT2D eigenvalue weighted by Crippen LogP contribution is -2.49. The van der Waals surface area contributed by atoms with Crippen LogP contribution in [-0.2, 0) is 11.2 Å². The van der Waals surface area contributed by atoms with Gasteiger partial charge in [0, 0.05) is 19.2 Å². The molecule has 0 radical (unpaired) electrons. The summed E-state index contributed by atoms with van der Waals surface area (Å²) in [6.45, 7) is 2.93. The molecule has 1 atom stereocenters. The molecule has 1 aliphatic heterocycles. The summed E-state index contributed by atoms with van der Waals surface area (Å²) in [6.07, 6.45) is 6.26. The molecule has 1 unspecified atom stereocenters. The summed E-state index contributed by atoms with van der Waals surface area (Å²) in [5.74, 6) is 7.07. The van der Waals surface area contributed by atoms with E-state index in [4.69, 9.17) is 5.84 Å². The maximum absolute atomic E-state index is 12.1. The summed E-state index contributed by atoms with van der Waals surface area (Å²) < 4.78 is 0. The zero-order valence-corrected chi connectivity index (χ0v) is 12.7. The Hall–Kier alpha value is -1.89. The van der Waals surface area contributed by atoms with Gasteiger partial charge in [0.2, 0.25) is 5.91 Å². The number of carbonyl (C=O) groups is 1. The number of nitrogens with zero attached hydrogens (tertiary/aromatic N) is 3. The first-order valence-corrected chi connectivity index (χ1v) is 7.51. The van der Waals surface area contributed by atoms with Crippen LogP contribution in [0.4, 0.5) is 11.6 Å². The van der Waals surface area contributed by atoms with Crippen LogP contribution in [0, 0.1) is 0 Å². The molecule has 0 saturated carbocycles. The number of hydrogen-bond acceptors (Lipinski definition) is 6. The van der Waals surface area contributed by atoms with Crippen LogP contribution in [0.5, 0.6) is 0 Å². The van der Waals surface area contributed by atoms with Gasteiger partial charge in [-0.2, -0.15) is 0 Å². The second kappa shape index (κ2) is 7.21. The molecule has 2 heterocycles. The number of hydrogen-bond donors (Lipinski definition) is 3. The van der Waals surface area contributed by atoms with Crippen molar-refractivity contribution in [2.75, 3.05) is 23.9 Å². The van der Waals surface area contributed by atoms with Crippen molar-refractivity contribution in [1.82, 2.24) is 15.3 Å². The lowest BCUT2D eigenvalue weighted by molar-refractivity contribution is -0.122. The van der Waals surface area contributed by atoms with Crippen molar-refractivity contribution in [2.24, 2.45) is 5.84 Å². The molecule has 7 heteroatoms. The fourth-order valence-electron chi connectivity index (χ4n) is 2.88. The number of rotatable bonds is 5. The van der Waals surface area contributed by atoms with Crippen molar-refractivity contribution in [3.63, 3.8) is 0 Å². The molecule has 4 N–H and O–H groups in total. The number of amides is 1. The molecular formula is C14H24N6O. The van der Waals surface area contributed by atoms with Crippen molar-refractivity contribution >= 4 is 17.5 Å². The Morgan fingerprint density at radius 2 is 2.29 bits per heavy atom. The van der Waals surface area contributed by atoms with Crippen LogP contribution in [-0.4, -0.2) is 35.5 Å². The third-order valence-corrected chi connectivity index (χ3v) is 3.88. The standard InChI is InChI=1S/C14H24N6O/c1-3-6-10-12(19-15)17-9-18-13(10)20-8-5-4-7-11(20)14(21)16-2/h9,11H,3-8,15H2,1-2H3,(H,16,21)(H,17,18,19). The Labute approximate surface area is 125 Å². The predicted molar refractivity (Wildman–Crippen MR) is 82.9 cm³/mol. The molecule has 2 rings (SSSR count). The number of carbonyl (C=O) groups excluding carboxylic acids is 1. The second-order valence-electron chi connectivity index (χ2n) is 5.24. The number of piperidine rings is 1. The fourth-order valence-corrected chi connectivity index (χ4v) is 2.88. The summed E-state index contributed by atoms with van der Waals surface area (Å²) in [7, 11) is 1.68. The van der Waals surface area contributed by atoms with E-state index in [1.165, 1.54) is 6.33 Å². The molecule has 0 aliphatic carbocycles. The summed E-state index contributed by atoms with van der Waals surface area (Å²) >= 11 is 0. The lowest BCUT2D eigenvalue weighted by atomic mass is 10.00. The highest BCUT2D eigenvalue weighted by atomic mass is 16.2. The van der Waals surface area contributed by atoms with Crippen molar-refractivity contribution in [3.05, 3.63) is 11.9 Å². The first kappa shape index (κ1) is 15.5. The van der Waals surface area contributed by atoms with Gasteiger partial charge in [-0.3, -0.25) is 4.79 Å². The SMILES string of the molecule is CCCc1c(NN)ncnc1N1CCCCC1C(=O)NC. The van der Waals surface area contributed by atoms with E-state index in [-0.39, 0.29) is 11.9 Å². The molecule has 0 aromatic carbocycles. The fraction of sp³-hybridized carbons (Fsp3) is 0.643. The van der Waals surface area contributed by atoms with Crippen molar-refractivity contribution in [2.45, 2.75) is 45.1 Å². The number of nitrogens with two attached hydrogens (primary N) is 1. The van der Waals surface area contributed by atoms with E-state index in [1.807, 2.05) is 0 Å². The molecule has 1 fully saturated rings. The van der Waals surface area contributed by atoms with Crippen molar-refractivity contribution < 1.29 is 4.79 Å². The van der Waals surface area contributed by atoms with Gasteiger partial charge < -0.3 is 15.6 Å². The van der Waals surface area contributed by atoms with Crippen LogP contribution in [0.25, 0.3) is 0 Å². The Morgan fingerprint density at radius 3 is 2.95 bits per heavy atom. The van der Waals surface area contributed by atoms with E-state index in [0.29, 0.717) is 5.82 Å². The zero-order chi connectivity index (χ0) is 15.2. The summed E-state index contributed by atoms with van der Waals surface area (Å²) in [5.41, 5.74) is 3.62. The molecular weight excluding hydrogens is 268 g/mol. The third kappa shape index (κ3) is 3.24. The molecule has 1 aliphatic rings. The maximum atomic E-state index is 12.1. The maximum Gasteiger partial charge on any atom is 0.242 e. The average Bonchev–Trinajstić information content (AvgIpc) is 2.54. The largest absolute Gasteiger partial charge is 0.357 e. The minimum absolute atomic E-state index is 0.0398. The van der Waals surface area contributed by atoms with Crippen LogP contribution in [0.2, 0.25) is 0 Å². The highest BCUT2D eigenvalue weighted by molar-refractivity contribution is 5.85. The molecule has 1 amide bonds. The lowest BCUT2D eigenvalue weighted by Gasteiger charge is -2.36. The van der Waals surface area contributed by atoms with Gasteiger partial charge in [-0.1, -0.05) is 13.3 Å². The zero-order valence-electron chi connectivity index (χ0n) is 12.7. The second-order valence-corrected chi connectivity index (χ2v) is 5.24. The molecule has 1 aromatic heterocycles. The highest BCUT2D eigenvalue weighted by Gasteiger charge is 2.31. The number of aromatic nitrogens is 2. The number of hydrazine groups is 1. The van der Waals surface area contributed by atoms with E-state index in [1.54, 1.807) is 7.05 Å². The third-order valence-electron chi connectivity index (χ3n) is 3.88. The average molecular weight is 292 g/mol. The van der Waals surface area contributed by atoms with Crippen LogP contribution in [0.3, 0.4) is 0 Å². The highest BCUT2D eigenvalue weighted by Crippen LogP contribution is 2.29. The van der Waals surface area contributed by atoms with E-state index in [0.717, 1.165) is 50.0 Å². The normalized spacial score (nSPS) is 18.4. The van der Waals surface area contributed by atoms with Gasteiger partial charge in [0.1, 0.15) is 24.0 Å². The van der Waals surface area contributed by atoms with Gasteiger partial charge in [0.05, 0.1) is 0 Å². The molecule has 21 heavy (non-hydrogen) atoms. The summed E-state index contributed by atoms with van der Waals surface area (Å²) in [5, 5.41) is 2.75. The van der Waals surface area contributed by atoms with E-state index < -0.39 is 0 Å². The monoisotopic (exact) mass is 292 g/mol. The predicted octanol–water partition coefficient (Wildman–Crippen LogP) is 0.820. The Morgan fingerprint density at radius 1 is 1.48 bits per heavy atom. The van der Waals surface area contributed by atoms with E-state index in [9.17, 15) is 4.79 Å². The Bertz CT molecular complexity index is 492. The molecule has 1 aromatic rings. The van der Waals surface area contributed by atoms with E-state index >= 15 is 0 Å². The van der Waals surface area contributed by atoms with Gasteiger partial charge in [-0.15, -0.1) is 0 Å².